The second-order valence-corrected chi connectivity index (χ2v) is 3.37. The van der Waals surface area contributed by atoms with Gasteiger partial charge in [-0.05, 0) is 5.56 Å². The topological polar surface area (TPSA) is 12.9 Å². The van der Waals surface area contributed by atoms with Crippen LogP contribution < -0.4 is 0 Å². The minimum absolute atomic E-state index is 0.270. The van der Waals surface area contributed by atoms with E-state index in [0.29, 0.717) is 5.56 Å². The number of thiol groups is 1. The van der Waals surface area contributed by atoms with E-state index >= 15 is 0 Å². The molecule has 2 rings (SSSR count). The normalized spacial score (nSPS) is 10.1. The van der Waals surface area contributed by atoms with Crippen LogP contribution in [0.1, 0.15) is 0 Å². The van der Waals surface area contributed by atoms with Crippen molar-refractivity contribution in [2.75, 3.05) is 0 Å². The molecule has 1 aromatic carbocycles. The summed E-state index contributed by atoms with van der Waals surface area (Å²) in [7, 11) is 0. The summed E-state index contributed by atoms with van der Waals surface area (Å²) in [5.74, 6) is -0.325. The largest absolute Gasteiger partial charge is 0.263 e. The van der Waals surface area contributed by atoms with Gasteiger partial charge in [-0.1, -0.05) is 30.3 Å². The predicted octanol–water partition coefficient (Wildman–Crippen LogP) is 3.18. The summed E-state index contributed by atoms with van der Waals surface area (Å²) < 4.78 is 13.6. The molecule has 1 heterocycles. The van der Waals surface area contributed by atoms with E-state index < -0.39 is 0 Å². The van der Waals surface area contributed by atoms with E-state index in [2.05, 4.69) is 17.6 Å². The van der Waals surface area contributed by atoms with Crippen LogP contribution in [0.25, 0.3) is 11.1 Å². The second kappa shape index (κ2) is 3.80. The number of halogens is 1. The fraction of sp³-hybridized carbons (Fsp3) is 0. The Bertz CT molecular complexity index is 442. The summed E-state index contributed by atoms with van der Waals surface area (Å²) in [5, 5.41) is 0. The van der Waals surface area contributed by atoms with Crippen molar-refractivity contribution < 1.29 is 4.39 Å². The summed E-state index contributed by atoms with van der Waals surface area (Å²) in [5.41, 5.74) is 1.30. The lowest BCUT2D eigenvalue weighted by molar-refractivity contribution is 0.603. The Morgan fingerprint density at radius 3 is 2.50 bits per heavy atom. The Morgan fingerprint density at radius 2 is 1.79 bits per heavy atom. The van der Waals surface area contributed by atoms with Crippen LogP contribution in [0.3, 0.4) is 0 Å². The Morgan fingerprint density at radius 1 is 1.07 bits per heavy atom. The summed E-state index contributed by atoms with van der Waals surface area (Å²) in [6.45, 7) is 0. The molecular formula is C11H8FNS. The highest BCUT2D eigenvalue weighted by Crippen LogP contribution is 2.24. The standard InChI is InChI=1S/C11H8FNS/c12-11-9(6-13-7-10(11)14)8-4-2-1-3-5-8/h1-7,14H. The molecule has 2 aromatic rings. The maximum absolute atomic E-state index is 13.6. The van der Waals surface area contributed by atoms with Gasteiger partial charge in [-0.3, -0.25) is 4.98 Å². The van der Waals surface area contributed by atoms with Gasteiger partial charge in [0, 0.05) is 18.0 Å². The first kappa shape index (κ1) is 9.21. The third kappa shape index (κ3) is 1.63. The first-order valence-corrected chi connectivity index (χ1v) is 4.61. The fourth-order valence-electron chi connectivity index (χ4n) is 1.25. The van der Waals surface area contributed by atoms with Gasteiger partial charge in [-0.25, -0.2) is 4.39 Å². The number of aromatic nitrogens is 1. The molecule has 1 aromatic heterocycles. The summed E-state index contributed by atoms with van der Waals surface area (Å²) >= 11 is 3.98. The van der Waals surface area contributed by atoms with Gasteiger partial charge in [-0.15, -0.1) is 12.6 Å². The number of benzene rings is 1. The number of pyridine rings is 1. The van der Waals surface area contributed by atoms with E-state index in [-0.39, 0.29) is 10.7 Å². The van der Waals surface area contributed by atoms with E-state index in [1.54, 1.807) is 0 Å². The third-order valence-electron chi connectivity index (χ3n) is 1.95. The van der Waals surface area contributed by atoms with Crippen LogP contribution in [0.4, 0.5) is 4.39 Å². The van der Waals surface area contributed by atoms with Crippen LogP contribution in [0, 0.1) is 5.82 Å². The monoisotopic (exact) mass is 205 g/mol. The van der Waals surface area contributed by atoms with E-state index in [4.69, 9.17) is 0 Å². The van der Waals surface area contributed by atoms with Gasteiger partial charge < -0.3 is 0 Å². The average molecular weight is 205 g/mol. The maximum Gasteiger partial charge on any atom is 0.147 e. The Hall–Kier alpha value is -1.35. The molecule has 0 aliphatic rings. The Labute approximate surface area is 87.0 Å². The van der Waals surface area contributed by atoms with Crippen LogP contribution in [0.15, 0.2) is 47.6 Å². The zero-order valence-corrected chi connectivity index (χ0v) is 8.21. The zero-order chi connectivity index (χ0) is 9.97. The smallest absolute Gasteiger partial charge is 0.147 e. The van der Waals surface area contributed by atoms with Crippen molar-refractivity contribution in [2.24, 2.45) is 0 Å². The van der Waals surface area contributed by atoms with Gasteiger partial charge in [-0.2, -0.15) is 0 Å². The summed E-state index contributed by atoms with van der Waals surface area (Å²) in [6, 6.07) is 9.29. The van der Waals surface area contributed by atoms with Crippen molar-refractivity contribution in [3.8, 4) is 11.1 Å². The number of hydrogen-bond donors (Lipinski definition) is 1. The minimum atomic E-state index is -0.325. The lowest BCUT2D eigenvalue weighted by Gasteiger charge is -2.03. The fourth-order valence-corrected chi connectivity index (χ4v) is 1.44. The summed E-state index contributed by atoms with van der Waals surface area (Å²) in [6.07, 6.45) is 2.90. The highest BCUT2D eigenvalue weighted by molar-refractivity contribution is 7.80. The molecule has 0 saturated heterocycles. The SMILES string of the molecule is Fc1c(S)cncc1-c1ccccc1. The molecule has 0 saturated carbocycles. The van der Waals surface area contributed by atoms with E-state index in [9.17, 15) is 4.39 Å². The summed E-state index contributed by atoms with van der Waals surface area (Å²) in [4.78, 5) is 4.17. The van der Waals surface area contributed by atoms with Gasteiger partial charge in [0.25, 0.3) is 0 Å². The van der Waals surface area contributed by atoms with Crippen LogP contribution in [-0.2, 0) is 0 Å². The quantitative estimate of drug-likeness (QED) is 0.705. The lowest BCUT2D eigenvalue weighted by atomic mass is 10.1. The molecule has 70 valence electrons. The first-order chi connectivity index (χ1) is 6.79. The molecule has 14 heavy (non-hydrogen) atoms. The molecule has 0 unspecified atom stereocenters. The van der Waals surface area contributed by atoms with Crippen LogP contribution >= 0.6 is 12.6 Å². The van der Waals surface area contributed by atoms with Crippen molar-refractivity contribution in [1.29, 1.82) is 0 Å². The van der Waals surface area contributed by atoms with Gasteiger partial charge in [0.05, 0.1) is 4.90 Å². The molecule has 1 nitrogen and oxygen atoms in total. The number of rotatable bonds is 1. The molecule has 0 aliphatic carbocycles. The third-order valence-corrected chi connectivity index (χ3v) is 2.26. The van der Waals surface area contributed by atoms with Crippen molar-refractivity contribution >= 4 is 12.6 Å². The molecule has 3 heteroatoms. The highest BCUT2D eigenvalue weighted by Gasteiger charge is 2.07. The highest BCUT2D eigenvalue weighted by atomic mass is 32.1. The molecule has 0 N–H and O–H groups in total. The number of nitrogens with zero attached hydrogens (tertiary/aromatic N) is 1. The van der Waals surface area contributed by atoms with E-state index in [1.165, 1.54) is 12.4 Å². The average Bonchev–Trinajstić information content (AvgIpc) is 2.23. The molecule has 0 atom stereocenters. The Balaban J connectivity index is 2.58. The predicted molar refractivity (Wildman–Crippen MR) is 56.9 cm³/mol. The van der Waals surface area contributed by atoms with Gasteiger partial charge >= 0.3 is 0 Å². The van der Waals surface area contributed by atoms with Crippen LogP contribution in [0.2, 0.25) is 0 Å². The molecule has 0 spiro atoms. The van der Waals surface area contributed by atoms with Crippen molar-refractivity contribution in [3.05, 3.63) is 48.5 Å². The van der Waals surface area contributed by atoms with Crippen LogP contribution in [-0.4, -0.2) is 4.98 Å². The molecule has 0 fully saturated rings. The van der Waals surface area contributed by atoms with Gasteiger partial charge in [0.1, 0.15) is 5.82 Å². The van der Waals surface area contributed by atoms with E-state index in [0.717, 1.165) is 5.56 Å². The molecule has 0 bridgehead atoms. The van der Waals surface area contributed by atoms with E-state index in [1.807, 2.05) is 30.3 Å². The molecule has 0 amide bonds. The minimum Gasteiger partial charge on any atom is -0.263 e. The molecular weight excluding hydrogens is 197 g/mol. The van der Waals surface area contributed by atoms with Gasteiger partial charge in [0.15, 0.2) is 0 Å². The second-order valence-electron chi connectivity index (χ2n) is 2.89. The maximum atomic E-state index is 13.6. The Kier molecular flexibility index (Phi) is 2.50. The van der Waals surface area contributed by atoms with Crippen LogP contribution in [0.5, 0.6) is 0 Å². The van der Waals surface area contributed by atoms with Crippen molar-refractivity contribution in [2.45, 2.75) is 4.90 Å². The number of hydrogen-bond acceptors (Lipinski definition) is 2. The first-order valence-electron chi connectivity index (χ1n) is 4.17. The van der Waals surface area contributed by atoms with Crippen molar-refractivity contribution in [3.63, 3.8) is 0 Å². The lowest BCUT2D eigenvalue weighted by Crippen LogP contribution is -1.87. The zero-order valence-electron chi connectivity index (χ0n) is 7.31. The van der Waals surface area contributed by atoms with Gasteiger partial charge in [0.2, 0.25) is 0 Å². The molecule has 0 radical (unpaired) electrons. The molecule has 0 aliphatic heterocycles. The van der Waals surface area contributed by atoms with Crippen molar-refractivity contribution in [1.82, 2.24) is 4.98 Å².